The van der Waals surface area contributed by atoms with E-state index in [0.29, 0.717) is 10.8 Å². The van der Waals surface area contributed by atoms with Gasteiger partial charge in [0.15, 0.2) is 0 Å². The number of halogens is 1. The molecule has 0 saturated heterocycles. The van der Waals surface area contributed by atoms with E-state index in [9.17, 15) is 4.79 Å². The summed E-state index contributed by atoms with van der Waals surface area (Å²) in [5.74, 6) is -0.310. The lowest BCUT2D eigenvalue weighted by Gasteiger charge is -2.07. The average Bonchev–Trinajstić information content (AvgIpc) is 2.79. The summed E-state index contributed by atoms with van der Waals surface area (Å²) in [5.41, 5.74) is 2.48. The quantitative estimate of drug-likeness (QED) is 0.712. The third-order valence-electron chi connectivity index (χ3n) is 3.29. The molecule has 21 heavy (non-hydrogen) atoms. The van der Waals surface area contributed by atoms with Gasteiger partial charge in [-0.1, -0.05) is 35.9 Å². The summed E-state index contributed by atoms with van der Waals surface area (Å²) in [6.07, 6.45) is 0. The van der Waals surface area contributed by atoms with Crippen LogP contribution in [0.4, 0.5) is 5.69 Å². The van der Waals surface area contributed by atoms with Crippen molar-refractivity contribution in [3.63, 3.8) is 0 Å². The lowest BCUT2D eigenvalue weighted by molar-refractivity contribution is 0.102. The molecule has 6 heteroatoms. The Morgan fingerprint density at radius 3 is 2.76 bits per heavy atom. The SMILES string of the molecule is Cc1n[nH]c(C)c1NC(=O)c1cc2ccccc2c(Cl)n1. The first-order valence-corrected chi connectivity index (χ1v) is 6.82. The van der Waals surface area contributed by atoms with Gasteiger partial charge >= 0.3 is 0 Å². The molecule has 0 bridgehead atoms. The van der Waals surface area contributed by atoms with Crippen LogP contribution in [0, 0.1) is 13.8 Å². The van der Waals surface area contributed by atoms with E-state index in [2.05, 4.69) is 20.5 Å². The fourth-order valence-electron chi connectivity index (χ4n) is 2.19. The minimum atomic E-state index is -0.310. The molecule has 0 aliphatic rings. The zero-order valence-electron chi connectivity index (χ0n) is 11.6. The van der Waals surface area contributed by atoms with E-state index < -0.39 is 0 Å². The van der Waals surface area contributed by atoms with Gasteiger partial charge in [0, 0.05) is 5.39 Å². The number of pyridine rings is 1. The zero-order valence-corrected chi connectivity index (χ0v) is 12.3. The first-order valence-electron chi connectivity index (χ1n) is 6.44. The van der Waals surface area contributed by atoms with Crippen molar-refractivity contribution >= 4 is 34.0 Å². The van der Waals surface area contributed by atoms with Crippen LogP contribution >= 0.6 is 11.6 Å². The third kappa shape index (κ3) is 2.48. The number of hydrogen-bond acceptors (Lipinski definition) is 3. The number of amides is 1. The highest BCUT2D eigenvalue weighted by Gasteiger charge is 2.15. The predicted octanol–water partition coefficient (Wildman–Crippen LogP) is 3.48. The van der Waals surface area contributed by atoms with Crippen LogP contribution in [0.5, 0.6) is 0 Å². The van der Waals surface area contributed by atoms with Crippen LogP contribution in [0.3, 0.4) is 0 Å². The molecule has 0 radical (unpaired) electrons. The molecule has 0 spiro atoms. The van der Waals surface area contributed by atoms with Crippen molar-refractivity contribution in [2.75, 3.05) is 5.32 Å². The third-order valence-corrected chi connectivity index (χ3v) is 3.58. The highest BCUT2D eigenvalue weighted by Crippen LogP contribution is 2.23. The number of nitrogens with one attached hydrogen (secondary N) is 2. The molecular formula is C15H13ClN4O. The highest BCUT2D eigenvalue weighted by molar-refractivity contribution is 6.34. The van der Waals surface area contributed by atoms with E-state index in [-0.39, 0.29) is 11.6 Å². The second kappa shape index (κ2) is 5.18. The molecule has 2 heterocycles. The van der Waals surface area contributed by atoms with Gasteiger partial charge in [-0.3, -0.25) is 9.89 Å². The second-order valence-electron chi connectivity index (χ2n) is 4.78. The van der Waals surface area contributed by atoms with Crippen molar-refractivity contribution in [1.82, 2.24) is 15.2 Å². The number of anilines is 1. The highest BCUT2D eigenvalue weighted by atomic mass is 35.5. The average molecular weight is 301 g/mol. The fraction of sp³-hybridized carbons (Fsp3) is 0.133. The molecule has 2 aromatic heterocycles. The Morgan fingerprint density at radius 2 is 2.05 bits per heavy atom. The van der Waals surface area contributed by atoms with Gasteiger partial charge in [0.1, 0.15) is 10.8 Å². The van der Waals surface area contributed by atoms with E-state index in [1.54, 1.807) is 6.07 Å². The predicted molar refractivity (Wildman–Crippen MR) is 82.8 cm³/mol. The van der Waals surface area contributed by atoms with Crippen molar-refractivity contribution in [2.24, 2.45) is 0 Å². The second-order valence-corrected chi connectivity index (χ2v) is 5.14. The number of fused-ring (bicyclic) bond motifs is 1. The molecule has 0 atom stereocenters. The van der Waals surface area contributed by atoms with E-state index in [0.717, 1.165) is 22.2 Å². The number of aromatic amines is 1. The van der Waals surface area contributed by atoms with Crippen LogP contribution in [0.2, 0.25) is 5.15 Å². The zero-order chi connectivity index (χ0) is 15.0. The normalized spacial score (nSPS) is 10.8. The Balaban J connectivity index is 1.99. The van der Waals surface area contributed by atoms with Gasteiger partial charge in [-0.25, -0.2) is 4.98 Å². The summed E-state index contributed by atoms with van der Waals surface area (Å²) in [7, 11) is 0. The van der Waals surface area contributed by atoms with E-state index in [1.165, 1.54) is 0 Å². The van der Waals surface area contributed by atoms with Crippen molar-refractivity contribution in [3.05, 3.63) is 52.6 Å². The fourth-order valence-corrected chi connectivity index (χ4v) is 2.45. The molecule has 0 unspecified atom stereocenters. The van der Waals surface area contributed by atoms with Crippen molar-refractivity contribution in [3.8, 4) is 0 Å². The summed E-state index contributed by atoms with van der Waals surface area (Å²) in [6.45, 7) is 3.66. The summed E-state index contributed by atoms with van der Waals surface area (Å²) < 4.78 is 0. The molecule has 0 fully saturated rings. The van der Waals surface area contributed by atoms with Crippen LogP contribution in [-0.4, -0.2) is 21.1 Å². The molecule has 1 aromatic carbocycles. The Labute approximate surface area is 126 Å². The van der Waals surface area contributed by atoms with Crippen molar-refractivity contribution < 1.29 is 4.79 Å². The molecule has 5 nitrogen and oxygen atoms in total. The number of carbonyl (C=O) groups is 1. The molecular weight excluding hydrogens is 288 g/mol. The molecule has 3 aromatic rings. The topological polar surface area (TPSA) is 70.7 Å². The minimum absolute atomic E-state index is 0.277. The number of H-pyrrole nitrogens is 1. The van der Waals surface area contributed by atoms with E-state index >= 15 is 0 Å². The lowest BCUT2D eigenvalue weighted by atomic mass is 10.1. The van der Waals surface area contributed by atoms with E-state index in [1.807, 2.05) is 38.1 Å². The monoisotopic (exact) mass is 300 g/mol. The maximum Gasteiger partial charge on any atom is 0.274 e. The maximum absolute atomic E-state index is 12.3. The molecule has 1 amide bonds. The number of carbonyl (C=O) groups excluding carboxylic acids is 1. The lowest BCUT2D eigenvalue weighted by Crippen LogP contribution is -2.14. The molecule has 3 rings (SSSR count). The smallest absolute Gasteiger partial charge is 0.274 e. The molecule has 0 saturated carbocycles. The summed E-state index contributed by atoms with van der Waals surface area (Å²) in [5, 5.41) is 11.7. The Morgan fingerprint density at radius 1 is 1.29 bits per heavy atom. The standard InChI is InChI=1S/C15H13ClN4O/c1-8-13(9(2)20-19-8)18-15(21)12-7-10-5-3-4-6-11(10)14(16)17-12/h3-7H,1-2H3,(H,18,21)(H,19,20). The van der Waals surface area contributed by atoms with Crippen molar-refractivity contribution in [1.29, 1.82) is 0 Å². The summed E-state index contributed by atoms with van der Waals surface area (Å²) in [6, 6.07) is 9.27. The number of aromatic nitrogens is 3. The number of aryl methyl sites for hydroxylation is 2. The maximum atomic E-state index is 12.3. The Hall–Kier alpha value is -2.40. The first kappa shape index (κ1) is 13.6. The number of rotatable bonds is 2. The van der Waals surface area contributed by atoms with Gasteiger partial charge in [-0.15, -0.1) is 0 Å². The molecule has 2 N–H and O–H groups in total. The number of benzene rings is 1. The molecule has 0 aliphatic heterocycles. The molecule has 106 valence electrons. The van der Waals surface area contributed by atoms with Gasteiger partial charge in [0.25, 0.3) is 5.91 Å². The number of hydrogen-bond donors (Lipinski definition) is 2. The summed E-state index contributed by atoms with van der Waals surface area (Å²) >= 11 is 6.14. The van der Waals surface area contributed by atoms with Gasteiger partial charge < -0.3 is 5.32 Å². The van der Waals surface area contributed by atoms with Crippen LogP contribution in [0.1, 0.15) is 21.9 Å². The van der Waals surface area contributed by atoms with Crippen LogP contribution in [-0.2, 0) is 0 Å². The van der Waals surface area contributed by atoms with Crippen LogP contribution in [0.25, 0.3) is 10.8 Å². The van der Waals surface area contributed by atoms with Crippen LogP contribution in [0.15, 0.2) is 30.3 Å². The van der Waals surface area contributed by atoms with Gasteiger partial charge in [0.05, 0.1) is 17.1 Å². The Kier molecular flexibility index (Phi) is 3.35. The minimum Gasteiger partial charge on any atom is -0.317 e. The summed E-state index contributed by atoms with van der Waals surface area (Å²) in [4.78, 5) is 16.5. The van der Waals surface area contributed by atoms with E-state index in [4.69, 9.17) is 11.6 Å². The number of nitrogens with zero attached hydrogens (tertiary/aromatic N) is 2. The largest absolute Gasteiger partial charge is 0.317 e. The first-order chi connectivity index (χ1) is 10.1. The van der Waals surface area contributed by atoms with Gasteiger partial charge in [-0.05, 0) is 25.3 Å². The van der Waals surface area contributed by atoms with Crippen molar-refractivity contribution in [2.45, 2.75) is 13.8 Å². The van der Waals surface area contributed by atoms with Gasteiger partial charge in [-0.2, -0.15) is 5.10 Å². The Bertz CT molecular complexity index is 821. The van der Waals surface area contributed by atoms with Crippen LogP contribution < -0.4 is 5.32 Å². The van der Waals surface area contributed by atoms with Gasteiger partial charge in [0.2, 0.25) is 0 Å². The molecule has 0 aliphatic carbocycles.